The van der Waals surface area contributed by atoms with Crippen molar-refractivity contribution in [2.45, 2.75) is 43.4 Å². The third-order valence-corrected chi connectivity index (χ3v) is 6.30. The lowest BCUT2D eigenvalue weighted by Crippen LogP contribution is -2.25. The zero-order valence-corrected chi connectivity index (χ0v) is 18.9. The molecule has 0 fully saturated rings. The highest BCUT2D eigenvalue weighted by molar-refractivity contribution is 8.00. The third kappa shape index (κ3) is 4.77. The maximum Gasteiger partial charge on any atom is 0.237 e. The van der Waals surface area contributed by atoms with Crippen LogP contribution in [-0.4, -0.2) is 16.1 Å². The average molecular weight is 446 g/mol. The Bertz CT molecular complexity index is 1190. The molecule has 3 aromatic rings. The number of anilines is 2. The summed E-state index contributed by atoms with van der Waals surface area (Å²) in [5.74, 6) is 0.527. The zero-order valence-electron chi connectivity index (χ0n) is 18.0. The highest BCUT2D eigenvalue weighted by Gasteiger charge is 2.26. The first-order valence-electron chi connectivity index (χ1n) is 10.1. The number of nitrogen functional groups attached to an aromatic ring is 1. The first-order valence-corrected chi connectivity index (χ1v) is 11.0. The van der Waals surface area contributed by atoms with E-state index in [2.05, 4.69) is 30.2 Å². The number of hydrogen-bond donors (Lipinski definition) is 2. The standard InChI is InChI=1S/C24H23N5O2S/c1-4-20(23(30)28-16-9-7-15(8-10-16)14(2)3)32-24-18(13-26)21(19-6-5-11-31-19)17(12-25)22(27)29-24/h5-11,14,20H,4H2,1-3H3,(H2,27,29)(H,28,30). The van der Waals surface area contributed by atoms with Crippen molar-refractivity contribution in [1.29, 1.82) is 10.5 Å². The summed E-state index contributed by atoms with van der Waals surface area (Å²) in [6, 6.07) is 15.1. The molecule has 162 valence electrons. The molecule has 1 unspecified atom stereocenters. The maximum atomic E-state index is 12.9. The summed E-state index contributed by atoms with van der Waals surface area (Å²) in [6.45, 7) is 6.10. The Morgan fingerprint density at radius 1 is 1.19 bits per heavy atom. The number of aromatic nitrogens is 1. The molecule has 0 aliphatic carbocycles. The zero-order chi connectivity index (χ0) is 23.3. The second-order valence-corrected chi connectivity index (χ2v) is 8.60. The van der Waals surface area contributed by atoms with Crippen molar-refractivity contribution in [2.75, 3.05) is 11.1 Å². The molecule has 1 aromatic carbocycles. The van der Waals surface area contributed by atoms with Gasteiger partial charge in [0.15, 0.2) is 0 Å². The molecule has 32 heavy (non-hydrogen) atoms. The number of carbonyl (C=O) groups excluding carboxylic acids is 1. The molecule has 7 nitrogen and oxygen atoms in total. The minimum absolute atomic E-state index is 0.0139. The summed E-state index contributed by atoms with van der Waals surface area (Å²) in [4.78, 5) is 17.2. The number of thioether (sulfide) groups is 1. The van der Waals surface area contributed by atoms with Crippen molar-refractivity contribution in [2.24, 2.45) is 0 Å². The molecule has 0 bridgehead atoms. The minimum atomic E-state index is -0.517. The van der Waals surface area contributed by atoms with Crippen molar-refractivity contribution in [3.05, 3.63) is 59.4 Å². The number of hydrogen-bond acceptors (Lipinski definition) is 7. The number of nitrogens with two attached hydrogens (primary N) is 1. The van der Waals surface area contributed by atoms with Gasteiger partial charge in [-0.3, -0.25) is 4.79 Å². The van der Waals surface area contributed by atoms with Crippen LogP contribution in [0.25, 0.3) is 11.3 Å². The number of nitriles is 2. The van der Waals surface area contributed by atoms with E-state index in [4.69, 9.17) is 10.2 Å². The molecule has 0 saturated heterocycles. The highest BCUT2D eigenvalue weighted by atomic mass is 32.2. The predicted octanol–water partition coefficient (Wildman–Crippen LogP) is 5.30. The van der Waals surface area contributed by atoms with E-state index in [0.29, 0.717) is 23.8 Å². The number of amides is 1. The van der Waals surface area contributed by atoms with Crippen molar-refractivity contribution in [3.63, 3.8) is 0 Å². The molecule has 3 N–H and O–H groups in total. The first-order chi connectivity index (χ1) is 15.4. The quantitative estimate of drug-likeness (QED) is 0.472. The SMILES string of the molecule is CCC(Sc1nc(N)c(C#N)c(-c2ccco2)c1C#N)C(=O)Nc1ccc(C(C)C)cc1. The molecule has 0 radical (unpaired) electrons. The van der Waals surface area contributed by atoms with E-state index >= 15 is 0 Å². The fourth-order valence-corrected chi connectivity index (χ4v) is 4.20. The van der Waals surface area contributed by atoms with Crippen LogP contribution in [0.3, 0.4) is 0 Å². The van der Waals surface area contributed by atoms with Crippen LogP contribution in [0.5, 0.6) is 0 Å². The average Bonchev–Trinajstić information content (AvgIpc) is 3.31. The van der Waals surface area contributed by atoms with E-state index in [9.17, 15) is 15.3 Å². The molecule has 3 rings (SSSR count). The van der Waals surface area contributed by atoms with Gasteiger partial charge < -0.3 is 15.5 Å². The van der Waals surface area contributed by atoms with Crippen LogP contribution in [0, 0.1) is 22.7 Å². The number of furan rings is 1. The molecule has 0 saturated carbocycles. The smallest absolute Gasteiger partial charge is 0.237 e. The summed E-state index contributed by atoms with van der Waals surface area (Å²) >= 11 is 1.14. The number of rotatable bonds is 7. The van der Waals surface area contributed by atoms with E-state index in [1.807, 2.05) is 37.3 Å². The van der Waals surface area contributed by atoms with Crippen molar-refractivity contribution in [1.82, 2.24) is 4.98 Å². The van der Waals surface area contributed by atoms with Crippen molar-refractivity contribution >= 4 is 29.2 Å². The molecule has 8 heteroatoms. The van der Waals surface area contributed by atoms with E-state index in [-0.39, 0.29) is 33.4 Å². The normalized spacial score (nSPS) is 11.6. The largest absolute Gasteiger partial charge is 0.464 e. The van der Waals surface area contributed by atoms with E-state index in [0.717, 1.165) is 11.8 Å². The Morgan fingerprint density at radius 2 is 1.88 bits per heavy atom. The highest BCUT2D eigenvalue weighted by Crippen LogP contribution is 2.37. The Hall–Kier alpha value is -3.75. The predicted molar refractivity (Wildman–Crippen MR) is 125 cm³/mol. The topological polar surface area (TPSA) is 129 Å². The monoisotopic (exact) mass is 445 g/mol. The minimum Gasteiger partial charge on any atom is -0.464 e. The molecule has 2 aromatic heterocycles. The number of nitrogens with one attached hydrogen (secondary N) is 1. The molecule has 1 amide bonds. The Balaban J connectivity index is 1.91. The van der Waals surface area contributed by atoms with Gasteiger partial charge in [0.05, 0.1) is 22.6 Å². The summed E-state index contributed by atoms with van der Waals surface area (Å²) in [6.07, 6.45) is 1.96. The Kier molecular flexibility index (Phi) is 7.19. The molecule has 0 aliphatic heterocycles. The molecular formula is C24H23N5O2S. The van der Waals surface area contributed by atoms with Gasteiger partial charge in [0.2, 0.25) is 5.91 Å². The second-order valence-electron chi connectivity index (χ2n) is 7.41. The van der Waals surface area contributed by atoms with Gasteiger partial charge in [0.25, 0.3) is 0 Å². The Morgan fingerprint density at radius 3 is 2.41 bits per heavy atom. The van der Waals surface area contributed by atoms with Crippen LogP contribution in [0.4, 0.5) is 11.5 Å². The van der Waals surface area contributed by atoms with Gasteiger partial charge in [0, 0.05) is 5.69 Å². The van der Waals surface area contributed by atoms with Crippen LogP contribution in [0.2, 0.25) is 0 Å². The van der Waals surface area contributed by atoms with Gasteiger partial charge in [-0.1, -0.05) is 44.7 Å². The molecule has 1 atom stereocenters. The number of pyridine rings is 1. The van der Waals surface area contributed by atoms with E-state index in [1.54, 1.807) is 12.1 Å². The summed E-state index contributed by atoms with van der Waals surface area (Å²) in [7, 11) is 0. The number of benzene rings is 1. The third-order valence-electron chi connectivity index (χ3n) is 4.95. The number of carbonyl (C=O) groups is 1. The van der Waals surface area contributed by atoms with Crippen LogP contribution in [0.1, 0.15) is 49.8 Å². The van der Waals surface area contributed by atoms with Crippen molar-refractivity contribution in [3.8, 4) is 23.5 Å². The number of nitrogens with zero attached hydrogens (tertiary/aromatic N) is 3. The van der Waals surface area contributed by atoms with Gasteiger partial charge in [-0.2, -0.15) is 10.5 Å². The molecule has 2 heterocycles. The van der Waals surface area contributed by atoms with Crippen LogP contribution < -0.4 is 11.1 Å². The molecule has 0 aliphatic rings. The van der Waals surface area contributed by atoms with Gasteiger partial charge in [-0.15, -0.1) is 0 Å². The Labute approximate surface area is 191 Å². The van der Waals surface area contributed by atoms with Gasteiger partial charge >= 0.3 is 0 Å². The van der Waals surface area contributed by atoms with Crippen molar-refractivity contribution < 1.29 is 9.21 Å². The van der Waals surface area contributed by atoms with E-state index in [1.165, 1.54) is 11.8 Å². The second kappa shape index (κ2) is 10.0. The lowest BCUT2D eigenvalue weighted by molar-refractivity contribution is -0.115. The first kappa shape index (κ1) is 22.9. The van der Waals surface area contributed by atoms with Crippen LogP contribution >= 0.6 is 11.8 Å². The lowest BCUT2D eigenvalue weighted by Gasteiger charge is -2.17. The van der Waals surface area contributed by atoms with Crippen LogP contribution in [-0.2, 0) is 4.79 Å². The van der Waals surface area contributed by atoms with Crippen LogP contribution in [0.15, 0.2) is 52.1 Å². The fraction of sp³-hybridized carbons (Fsp3) is 0.250. The fourth-order valence-electron chi connectivity index (χ4n) is 3.18. The van der Waals surface area contributed by atoms with Gasteiger partial charge in [-0.05, 0) is 42.2 Å². The lowest BCUT2D eigenvalue weighted by atomic mass is 10.0. The molecular weight excluding hydrogens is 422 g/mol. The summed E-state index contributed by atoms with van der Waals surface area (Å²) in [5.41, 5.74) is 8.42. The van der Waals surface area contributed by atoms with E-state index < -0.39 is 5.25 Å². The molecule has 0 spiro atoms. The van der Waals surface area contributed by atoms with Gasteiger partial charge in [0.1, 0.15) is 34.3 Å². The maximum absolute atomic E-state index is 12.9. The summed E-state index contributed by atoms with van der Waals surface area (Å²) < 4.78 is 5.42. The van der Waals surface area contributed by atoms with Gasteiger partial charge in [-0.25, -0.2) is 4.98 Å². The summed E-state index contributed by atoms with van der Waals surface area (Å²) in [5, 5.41) is 22.1.